The third kappa shape index (κ3) is 1.43. The van der Waals surface area contributed by atoms with Crippen molar-refractivity contribution >= 4 is 17.7 Å². The Bertz CT molecular complexity index is 200. The molecule has 0 aromatic heterocycles. The van der Waals surface area contributed by atoms with E-state index in [1.165, 1.54) is 6.20 Å². The van der Waals surface area contributed by atoms with Gasteiger partial charge >= 0.3 is 5.97 Å². The number of rotatable bonds is 1. The molecule has 0 aromatic rings. The third-order valence-corrected chi connectivity index (χ3v) is 2.08. The second-order valence-corrected chi connectivity index (χ2v) is 3.66. The van der Waals surface area contributed by atoms with Crippen LogP contribution in [0.5, 0.6) is 0 Å². The van der Waals surface area contributed by atoms with Crippen LogP contribution in [0.15, 0.2) is 11.1 Å². The van der Waals surface area contributed by atoms with Crippen molar-refractivity contribution in [2.45, 2.75) is 11.9 Å². The van der Waals surface area contributed by atoms with Gasteiger partial charge in [0.1, 0.15) is 9.90 Å². The number of aliphatic carboxylic acids is 1. The smallest absolute Gasteiger partial charge is 0.343 e. The zero-order valence-corrected chi connectivity index (χ0v) is 6.23. The molecule has 0 radical (unpaired) electrons. The minimum Gasteiger partial charge on any atom is -0.477 e. The maximum Gasteiger partial charge on any atom is 0.343 e. The topological polar surface area (TPSA) is 75.3 Å². The molecule has 1 aliphatic rings. The summed E-state index contributed by atoms with van der Waals surface area (Å²) in [5, 5.41) is 11.2. The van der Waals surface area contributed by atoms with E-state index in [-0.39, 0.29) is 4.91 Å². The summed E-state index contributed by atoms with van der Waals surface area (Å²) in [6.45, 7) is 1.71. The van der Waals surface area contributed by atoms with Crippen LogP contribution in [0.2, 0.25) is 0 Å². The number of carboxylic acids is 1. The molecule has 10 heavy (non-hydrogen) atoms. The summed E-state index contributed by atoms with van der Waals surface area (Å²) in [4.78, 5) is 9.90. The van der Waals surface area contributed by atoms with Crippen molar-refractivity contribution in [1.29, 1.82) is 0 Å². The predicted octanol–water partition coefficient (Wildman–Crippen LogP) is -0.119. The summed E-state index contributed by atoms with van der Waals surface area (Å²) in [5.74, 6) is -0.938. The van der Waals surface area contributed by atoms with Gasteiger partial charge in [-0.2, -0.15) is 0 Å². The molecule has 0 spiro atoms. The Morgan fingerprint density at radius 2 is 2.60 bits per heavy atom. The molecular weight excluding hydrogens is 152 g/mol. The summed E-state index contributed by atoms with van der Waals surface area (Å²) in [5.41, 5.74) is 5.54. The number of thioether (sulfide) groups is 1. The van der Waals surface area contributed by atoms with Gasteiger partial charge in [-0.05, 0) is 6.92 Å². The fraction of sp³-hybridized carbons (Fsp3) is 0.400. The van der Waals surface area contributed by atoms with Crippen molar-refractivity contribution in [2.24, 2.45) is 5.73 Å². The maximum atomic E-state index is 10.3. The van der Waals surface area contributed by atoms with Gasteiger partial charge in [-0.15, -0.1) is 0 Å². The van der Waals surface area contributed by atoms with Crippen molar-refractivity contribution in [2.75, 3.05) is 0 Å². The van der Waals surface area contributed by atoms with E-state index in [1.807, 2.05) is 0 Å². The Kier molecular flexibility index (Phi) is 1.61. The normalized spacial score (nSPS) is 31.2. The predicted molar refractivity (Wildman–Crippen MR) is 39.0 cm³/mol. The zero-order valence-electron chi connectivity index (χ0n) is 5.42. The molecule has 1 aliphatic heterocycles. The number of hydrogen-bond donors (Lipinski definition) is 3. The van der Waals surface area contributed by atoms with E-state index < -0.39 is 11.0 Å². The van der Waals surface area contributed by atoms with Crippen molar-refractivity contribution in [3.63, 3.8) is 0 Å². The average Bonchev–Trinajstić information content (AvgIpc) is 2.10. The van der Waals surface area contributed by atoms with Crippen molar-refractivity contribution < 1.29 is 9.90 Å². The van der Waals surface area contributed by atoms with Gasteiger partial charge in [-0.3, -0.25) is 0 Å². The van der Waals surface area contributed by atoms with Crippen molar-refractivity contribution in [1.82, 2.24) is 5.32 Å². The lowest BCUT2D eigenvalue weighted by Gasteiger charge is -2.16. The Balaban J connectivity index is 2.64. The fourth-order valence-corrected chi connectivity index (χ4v) is 1.38. The quantitative estimate of drug-likeness (QED) is 0.498. The third-order valence-electron chi connectivity index (χ3n) is 1.02. The second-order valence-electron chi connectivity index (χ2n) is 2.17. The summed E-state index contributed by atoms with van der Waals surface area (Å²) in [7, 11) is 0. The van der Waals surface area contributed by atoms with E-state index in [0.29, 0.717) is 0 Å². The van der Waals surface area contributed by atoms with Gasteiger partial charge in [0.2, 0.25) is 0 Å². The molecule has 1 heterocycles. The Morgan fingerprint density at radius 3 is 2.80 bits per heavy atom. The highest BCUT2D eigenvalue weighted by Gasteiger charge is 2.28. The molecule has 0 amide bonds. The van der Waals surface area contributed by atoms with E-state index in [0.717, 1.165) is 11.8 Å². The van der Waals surface area contributed by atoms with Crippen molar-refractivity contribution in [3.05, 3.63) is 11.1 Å². The molecule has 0 aromatic carbocycles. The first kappa shape index (κ1) is 7.43. The highest BCUT2D eigenvalue weighted by molar-refractivity contribution is 8.05. The van der Waals surface area contributed by atoms with Gasteiger partial charge in [0.05, 0.1) is 0 Å². The highest BCUT2D eigenvalue weighted by Crippen LogP contribution is 2.30. The molecule has 0 saturated carbocycles. The summed E-state index contributed by atoms with van der Waals surface area (Å²) in [6, 6.07) is 0. The van der Waals surface area contributed by atoms with Crippen LogP contribution in [0, 0.1) is 0 Å². The van der Waals surface area contributed by atoms with E-state index in [2.05, 4.69) is 5.32 Å². The van der Waals surface area contributed by atoms with E-state index in [4.69, 9.17) is 10.8 Å². The first-order valence-corrected chi connectivity index (χ1v) is 3.52. The van der Waals surface area contributed by atoms with E-state index >= 15 is 0 Å². The minimum atomic E-state index is -0.938. The largest absolute Gasteiger partial charge is 0.477 e. The molecule has 4 N–H and O–H groups in total. The lowest BCUT2D eigenvalue weighted by Crippen LogP contribution is -2.41. The van der Waals surface area contributed by atoms with Crippen LogP contribution in [-0.2, 0) is 4.79 Å². The van der Waals surface area contributed by atoms with Crippen molar-refractivity contribution in [3.8, 4) is 0 Å². The number of carbonyl (C=O) groups is 1. The van der Waals surface area contributed by atoms with Crippen LogP contribution in [-0.4, -0.2) is 16.1 Å². The van der Waals surface area contributed by atoms with Gasteiger partial charge in [-0.1, -0.05) is 11.8 Å². The van der Waals surface area contributed by atoms with Crippen LogP contribution in [0.1, 0.15) is 6.92 Å². The Labute approximate surface area is 62.5 Å². The summed E-state index contributed by atoms with van der Waals surface area (Å²) >= 11 is 1.10. The van der Waals surface area contributed by atoms with E-state index in [1.54, 1.807) is 6.92 Å². The SMILES string of the molecule is CC1(N)NC=C(C(=O)O)S1. The average molecular weight is 160 g/mol. The molecule has 1 atom stereocenters. The molecular formula is C5H8N2O2S. The molecule has 0 aliphatic carbocycles. The second kappa shape index (κ2) is 2.17. The van der Waals surface area contributed by atoms with Gasteiger partial charge in [-0.25, -0.2) is 4.79 Å². The lowest BCUT2D eigenvalue weighted by molar-refractivity contribution is -0.131. The standard InChI is InChI=1S/C5H8N2O2S/c1-5(6)7-2-3(10-5)4(8)9/h2,7H,6H2,1H3,(H,8,9). The molecule has 56 valence electrons. The van der Waals surface area contributed by atoms with Crippen LogP contribution in [0.3, 0.4) is 0 Å². The molecule has 0 saturated heterocycles. The number of hydrogen-bond acceptors (Lipinski definition) is 4. The minimum absolute atomic E-state index is 0.255. The van der Waals surface area contributed by atoms with Crippen LogP contribution in [0.4, 0.5) is 0 Å². The number of nitrogens with one attached hydrogen (secondary N) is 1. The summed E-state index contributed by atoms with van der Waals surface area (Å²) < 4.78 is 0. The van der Waals surface area contributed by atoms with Gasteiger partial charge in [0.25, 0.3) is 0 Å². The Morgan fingerprint density at radius 1 is 2.00 bits per heavy atom. The molecule has 0 fully saturated rings. The zero-order chi connectivity index (χ0) is 7.78. The first-order valence-electron chi connectivity index (χ1n) is 2.70. The van der Waals surface area contributed by atoms with Gasteiger partial charge < -0.3 is 16.2 Å². The molecule has 0 bridgehead atoms. The first-order chi connectivity index (χ1) is 4.51. The van der Waals surface area contributed by atoms with Gasteiger partial charge in [0.15, 0.2) is 0 Å². The number of nitrogens with two attached hydrogens (primary N) is 1. The van der Waals surface area contributed by atoms with Crippen LogP contribution >= 0.6 is 11.8 Å². The highest BCUT2D eigenvalue weighted by atomic mass is 32.2. The lowest BCUT2D eigenvalue weighted by atomic mass is 10.5. The fourth-order valence-electron chi connectivity index (χ4n) is 0.602. The monoisotopic (exact) mass is 160 g/mol. The molecule has 1 rings (SSSR count). The maximum absolute atomic E-state index is 10.3. The summed E-state index contributed by atoms with van der Waals surface area (Å²) in [6.07, 6.45) is 1.41. The number of carboxylic acid groups (broad SMARTS) is 1. The van der Waals surface area contributed by atoms with E-state index in [9.17, 15) is 4.79 Å². The molecule has 5 heteroatoms. The van der Waals surface area contributed by atoms with Crippen LogP contribution in [0.25, 0.3) is 0 Å². The molecule has 1 unspecified atom stereocenters. The van der Waals surface area contributed by atoms with Crippen LogP contribution < -0.4 is 11.1 Å². The molecule has 4 nitrogen and oxygen atoms in total. The Hall–Kier alpha value is -0.680. The van der Waals surface area contributed by atoms with Gasteiger partial charge in [0, 0.05) is 6.20 Å².